The van der Waals surface area contributed by atoms with E-state index in [1.165, 1.54) is 48.6 Å². The number of hydrogen-bond donors (Lipinski definition) is 15. The Hall–Kier alpha value is -7.72. The number of nitrogens with one attached hydrogen (secondary N) is 8. The van der Waals surface area contributed by atoms with Gasteiger partial charge in [0.1, 0.15) is 42.0 Å². The van der Waals surface area contributed by atoms with Crippen LogP contribution in [-0.2, 0) is 65.6 Å². The lowest BCUT2D eigenvalue weighted by atomic mass is 10.0. The zero-order chi connectivity index (χ0) is 55.4. The monoisotopic (exact) mass is 1040 g/mol. The number of phenols is 1. The zero-order valence-corrected chi connectivity index (χ0v) is 41.5. The molecule has 1 aliphatic heterocycles. The predicted octanol–water partition coefficient (Wildman–Crippen LogP) is -5.33. The van der Waals surface area contributed by atoms with E-state index in [0.717, 1.165) is 6.92 Å². The summed E-state index contributed by atoms with van der Waals surface area (Å²) in [6, 6.07) is -5.95. The molecule has 28 nitrogen and oxygen atoms in total. The molecule has 1 aromatic carbocycles. The number of aliphatic hydroxyl groups excluding tert-OH is 2. The highest BCUT2D eigenvalue weighted by molar-refractivity contribution is 5.98. The number of carbonyl (C=O) groups is 11. The van der Waals surface area contributed by atoms with E-state index in [0.29, 0.717) is 17.7 Å². The third kappa shape index (κ3) is 19.7. The van der Waals surface area contributed by atoms with Gasteiger partial charge in [0.25, 0.3) is 0 Å². The molecule has 1 aromatic heterocycles. The average Bonchev–Trinajstić information content (AvgIpc) is 4.04. The second kappa shape index (κ2) is 29.1. The lowest BCUT2D eigenvalue weighted by Gasteiger charge is -2.32. The van der Waals surface area contributed by atoms with Crippen LogP contribution in [0.4, 0.5) is 0 Å². The smallest absolute Gasteiger partial charge is 0.328 e. The largest absolute Gasteiger partial charge is 0.508 e. The number of aromatic nitrogens is 2. The normalized spacial score (nSPS) is 16.9. The molecular formula is C46H69N13O15. The van der Waals surface area contributed by atoms with E-state index in [1.807, 2.05) is 0 Å². The second-order valence-electron chi connectivity index (χ2n) is 18.4. The fraction of sp³-hybridized carbons (Fsp3) is 0.565. The van der Waals surface area contributed by atoms with Crippen molar-refractivity contribution in [2.24, 2.45) is 23.1 Å². The highest BCUT2D eigenvalue weighted by Gasteiger charge is 2.41. The number of amides is 10. The number of aromatic hydroxyl groups is 1. The number of carbonyl (C=O) groups excluding carboxylic acids is 10. The van der Waals surface area contributed by atoms with E-state index in [-0.39, 0.29) is 69.6 Å². The van der Waals surface area contributed by atoms with Gasteiger partial charge in [-0.05, 0) is 69.6 Å². The molecule has 10 amide bonds. The van der Waals surface area contributed by atoms with Crippen molar-refractivity contribution < 1.29 is 73.2 Å². The number of phenolic OH excluding ortho intramolecular Hbond substituents is 1. The van der Waals surface area contributed by atoms with Crippen LogP contribution in [0.5, 0.6) is 5.75 Å². The standard InChI is InChI=1S/C46H69N13O15/c1-22(2)16-32(45(72)59-15-5-6-33(59)43(70)55-30(17-25-7-9-27(62)10-8-25)41(68)58-38(24(4)61)46(73)74)56-44(71)37(23(3)60)57-42(69)31(18-26-19-50-21-52-26)53-36(65)20-51-40(67)29(12-14-35(49)64)54-39(66)28(47)11-13-34(48)63/h7-10,19,21-24,28-33,37-38,60-62H,5-6,11-18,20,47H2,1-4H3,(H2,48,63)(H2,49,64)(H,50,52)(H,51,67)(H,53,65)(H,54,66)(H,55,70)(H,56,71)(H,57,69)(H,58,68)(H,73,74)/t23-,24-,28+,29+,30+,31+,32+,33+,37+,38+/m1/s1. The SMILES string of the molecule is CC(C)C[C@H](NC(=O)[C@@H](NC(=O)[C@H](Cc1cnc[nH]1)NC(=O)CNC(=O)[C@H](CCC(N)=O)NC(=O)[C@@H](N)CCC(N)=O)[C@@H](C)O)C(=O)N1CCC[C@H]1C(=O)N[C@@H](Cc1ccc(O)cc1)C(=O)N[C@H](C(=O)O)[C@@H](C)O. The lowest BCUT2D eigenvalue weighted by molar-refractivity contribution is -0.145. The molecular weight excluding hydrogens is 975 g/mol. The summed E-state index contributed by atoms with van der Waals surface area (Å²) in [6.45, 7) is 5.11. The lowest BCUT2D eigenvalue weighted by Crippen LogP contribution is -2.61. The summed E-state index contributed by atoms with van der Waals surface area (Å²) in [5.74, 6) is -10.6. The number of imidazole rings is 1. The Bertz CT molecular complexity index is 2300. The number of likely N-dealkylation sites (tertiary alicyclic amines) is 1. The van der Waals surface area contributed by atoms with Crippen LogP contribution in [-0.4, -0.2) is 174 Å². The summed E-state index contributed by atoms with van der Waals surface area (Å²) >= 11 is 0. The molecule has 3 rings (SSSR count). The third-order valence-electron chi connectivity index (χ3n) is 11.7. The Morgan fingerprint density at radius 3 is 1.85 bits per heavy atom. The molecule has 74 heavy (non-hydrogen) atoms. The van der Waals surface area contributed by atoms with E-state index >= 15 is 0 Å². The van der Waals surface area contributed by atoms with Gasteiger partial charge in [-0.2, -0.15) is 0 Å². The molecule has 0 radical (unpaired) electrons. The number of aliphatic carboxylic acids is 1. The van der Waals surface area contributed by atoms with Crippen molar-refractivity contribution in [1.29, 1.82) is 0 Å². The number of benzene rings is 1. The number of nitrogens with zero attached hydrogens (tertiary/aromatic N) is 2. The fourth-order valence-electron chi connectivity index (χ4n) is 7.73. The summed E-state index contributed by atoms with van der Waals surface area (Å²) in [6.07, 6.45) is -1.50. The summed E-state index contributed by atoms with van der Waals surface area (Å²) in [7, 11) is 0. The quantitative estimate of drug-likeness (QED) is 0.0347. The molecule has 0 aliphatic carbocycles. The van der Waals surface area contributed by atoms with E-state index in [1.54, 1.807) is 13.8 Å². The van der Waals surface area contributed by atoms with E-state index in [9.17, 15) is 73.2 Å². The second-order valence-corrected chi connectivity index (χ2v) is 18.4. The minimum absolute atomic E-state index is 0.0110. The van der Waals surface area contributed by atoms with Crippen molar-refractivity contribution in [3.8, 4) is 5.75 Å². The fourth-order valence-corrected chi connectivity index (χ4v) is 7.73. The number of nitrogens with two attached hydrogens (primary N) is 3. The topological polar surface area (TPSA) is 463 Å². The first-order chi connectivity index (χ1) is 34.8. The van der Waals surface area contributed by atoms with Gasteiger partial charge in [0.05, 0.1) is 31.1 Å². The molecule has 0 spiro atoms. The Kier molecular flexibility index (Phi) is 23.8. The average molecular weight is 1040 g/mol. The van der Waals surface area contributed by atoms with Crippen molar-refractivity contribution in [2.45, 2.75) is 146 Å². The van der Waals surface area contributed by atoms with Crippen LogP contribution in [0.1, 0.15) is 83.9 Å². The van der Waals surface area contributed by atoms with E-state index < -0.39 is 132 Å². The first-order valence-electron chi connectivity index (χ1n) is 23.8. The van der Waals surface area contributed by atoms with Gasteiger partial charge in [-0.25, -0.2) is 9.78 Å². The minimum atomic E-state index is -1.75. The molecule has 408 valence electrons. The Morgan fingerprint density at radius 2 is 1.30 bits per heavy atom. The molecule has 0 bridgehead atoms. The van der Waals surface area contributed by atoms with Gasteiger partial charge in [0, 0.05) is 44.1 Å². The van der Waals surface area contributed by atoms with Crippen LogP contribution in [0.3, 0.4) is 0 Å². The molecule has 28 heteroatoms. The molecule has 1 aliphatic rings. The molecule has 0 saturated carbocycles. The van der Waals surface area contributed by atoms with Gasteiger partial charge in [-0.3, -0.25) is 47.9 Å². The number of carboxylic acid groups (broad SMARTS) is 1. The van der Waals surface area contributed by atoms with Crippen molar-refractivity contribution in [1.82, 2.24) is 52.1 Å². The van der Waals surface area contributed by atoms with Crippen LogP contribution >= 0.6 is 0 Å². The molecule has 1 saturated heterocycles. The number of primary amides is 2. The van der Waals surface area contributed by atoms with Gasteiger partial charge >= 0.3 is 5.97 Å². The van der Waals surface area contributed by atoms with Crippen LogP contribution in [0.15, 0.2) is 36.8 Å². The first kappa shape index (κ1) is 60.6. The highest BCUT2D eigenvalue weighted by Crippen LogP contribution is 2.22. The van der Waals surface area contributed by atoms with Crippen LogP contribution in [0.25, 0.3) is 0 Å². The van der Waals surface area contributed by atoms with Crippen molar-refractivity contribution in [3.05, 3.63) is 48.0 Å². The van der Waals surface area contributed by atoms with Crippen molar-refractivity contribution in [2.75, 3.05) is 13.1 Å². The molecule has 18 N–H and O–H groups in total. The Morgan fingerprint density at radius 1 is 0.716 bits per heavy atom. The number of aliphatic hydroxyl groups is 2. The summed E-state index contributed by atoms with van der Waals surface area (Å²) in [5.41, 5.74) is 16.9. The maximum atomic E-state index is 14.4. The number of rotatable bonds is 30. The van der Waals surface area contributed by atoms with Crippen LogP contribution in [0, 0.1) is 5.92 Å². The van der Waals surface area contributed by atoms with Crippen molar-refractivity contribution in [3.63, 3.8) is 0 Å². The molecule has 10 atom stereocenters. The first-order valence-corrected chi connectivity index (χ1v) is 23.8. The third-order valence-corrected chi connectivity index (χ3v) is 11.7. The maximum absolute atomic E-state index is 14.4. The number of carboxylic acids is 1. The van der Waals surface area contributed by atoms with Crippen molar-refractivity contribution >= 4 is 65.0 Å². The Balaban J connectivity index is 1.79. The van der Waals surface area contributed by atoms with Gasteiger partial charge in [0.2, 0.25) is 59.1 Å². The van der Waals surface area contributed by atoms with Gasteiger partial charge < -0.3 is 84.7 Å². The number of aromatic amines is 1. The minimum Gasteiger partial charge on any atom is -0.508 e. The highest BCUT2D eigenvalue weighted by atomic mass is 16.4. The molecule has 2 aromatic rings. The predicted molar refractivity (Wildman–Crippen MR) is 259 cm³/mol. The van der Waals surface area contributed by atoms with E-state index in [2.05, 4.69) is 47.2 Å². The molecule has 0 unspecified atom stereocenters. The Labute approximate surface area is 425 Å². The molecule has 2 heterocycles. The zero-order valence-electron chi connectivity index (χ0n) is 41.5. The van der Waals surface area contributed by atoms with Gasteiger partial charge in [-0.1, -0.05) is 26.0 Å². The van der Waals surface area contributed by atoms with E-state index in [4.69, 9.17) is 17.2 Å². The number of H-pyrrole nitrogens is 1. The summed E-state index contributed by atoms with van der Waals surface area (Å²) in [5, 5.41) is 57.1. The molecule has 1 fully saturated rings. The van der Waals surface area contributed by atoms with Gasteiger partial charge in [0.15, 0.2) is 6.04 Å². The van der Waals surface area contributed by atoms with Crippen LogP contribution < -0.4 is 54.4 Å². The van der Waals surface area contributed by atoms with Crippen LogP contribution in [0.2, 0.25) is 0 Å². The summed E-state index contributed by atoms with van der Waals surface area (Å²) in [4.78, 5) is 151. The van der Waals surface area contributed by atoms with Gasteiger partial charge in [-0.15, -0.1) is 0 Å². The summed E-state index contributed by atoms with van der Waals surface area (Å²) < 4.78 is 0. The number of hydrogen-bond acceptors (Lipinski definition) is 16. The maximum Gasteiger partial charge on any atom is 0.328 e.